The largest absolute Gasteiger partial charge is 0.382 e. The van der Waals surface area contributed by atoms with Gasteiger partial charge in [-0.3, -0.25) is 4.79 Å². The van der Waals surface area contributed by atoms with Gasteiger partial charge in [-0.15, -0.1) is 0 Å². The molecule has 0 aromatic heterocycles. The Bertz CT molecular complexity index is 293. The van der Waals surface area contributed by atoms with Crippen molar-refractivity contribution in [2.24, 2.45) is 0 Å². The van der Waals surface area contributed by atoms with E-state index in [0.717, 1.165) is 25.9 Å². The van der Waals surface area contributed by atoms with Gasteiger partial charge in [-0.1, -0.05) is 39.5 Å². The summed E-state index contributed by atoms with van der Waals surface area (Å²) in [7, 11) is 1.65. The smallest absolute Gasteiger partial charge is 0.155 e. The molecule has 2 rings (SSSR count). The highest BCUT2D eigenvalue weighted by molar-refractivity contribution is 5.76. The number of rotatable bonds is 11. The number of unbranched alkanes of at least 4 members (excludes halogenated alkanes) is 2. The van der Waals surface area contributed by atoms with E-state index in [0.29, 0.717) is 33.1 Å². The van der Waals surface area contributed by atoms with E-state index in [9.17, 15) is 4.79 Å². The van der Waals surface area contributed by atoms with Crippen molar-refractivity contribution in [3.63, 3.8) is 0 Å². The fraction of sp³-hybridized carbons (Fsp3) is 0.947. The van der Waals surface area contributed by atoms with Crippen LogP contribution >= 0.6 is 0 Å². The molecule has 156 valence electrons. The van der Waals surface area contributed by atoms with E-state index in [2.05, 4.69) is 28.1 Å². The second kappa shape index (κ2) is 19.2. The summed E-state index contributed by atoms with van der Waals surface area (Å²) < 4.78 is 29.3. The standard InChI is InChI=1S/C10H20O3.C6H12O.C3H6O3/c1-4-5-6-10(8-12-3)13-7-9(2)11;1-2-3-4-6-5-7-6;1-4-2-6-3-5-1/h10H,4-8H2,1-3H3;6H,2-5H2,1H3;1-3H2. The SMILES string of the molecule is C1OCOCO1.CCCCC(COC)OCC(C)=O.CCCCC1CO1. The number of hydrogen-bond donors (Lipinski definition) is 0. The summed E-state index contributed by atoms with van der Waals surface area (Å²) in [6, 6.07) is 0. The van der Waals surface area contributed by atoms with Crippen LogP contribution in [0.15, 0.2) is 0 Å². The van der Waals surface area contributed by atoms with Gasteiger partial charge in [0.25, 0.3) is 0 Å². The lowest BCUT2D eigenvalue weighted by Gasteiger charge is -2.15. The van der Waals surface area contributed by atoms with Gasteiger partial charge in [0.2, 0.25) is 0 Å². The third-order valence-corrected chi connectivity index (χ3v) is 3.54. The first-order valence-electron chi connectivity index (χ1n) is 9.58. The highest BCUT2D eigenvalue weighted by atomic mass is 16.8. The maximum absolute atomic E-state index is 10.7. The van der Waals surface area contributed by atoms with Crippen molar-refractivity contribution in [3.8, 4) is 0 Å². The first kappa shape index (κ1) is 25.4. The molecule has 2 fully saturated rings. The van der Waals surface area contributed by atoms with Gasteiger partial charge in [0.1, 0.15) is 6.61 Å². The summed E-state index contributed by atoms with van der Waals surface area (Å²) in [5, 5.41) is 0. The van der Waals surface area contributed by atoms with Crippen LogP contribution in [0.3, 0.4) is 0 Å². The summed E-state index contributed by atoms with van der Waals surface area (Å²) in [4.78, 5) is 10.7. The molecule has 2 aliphatic heterocycles. The lowest BCUT2D eigenvalue weighted by molar-refractivity contribution is -0.247. The number of ether oxygens (including phenoxy) is 6. The molecule has 2 aliphatic rings. The van der Waals surface area contributed by atoms with Crippen LogP contribution in [0.1, 0.15) is 59.3 Å². The second-order valence-electron chi connectivity index (χ2n) is 6.30. The minimum atomic E-state index is 0.0672. The zero-order chi connectivity index (χ0) is 19.5. The number of methoxy groups -OCH3 is 1. The van der Waals surface area contributed by atoms with E-state index >= 15 is 0 Å². The van der Waals surface area contributed by atoms with Crippen LogP contribution in [0.2, 0.25) is 0 Å². The lowest BCUT2D eigenvalue weighted by atomic mass is 10.2. The van der Waals surface area contributed by atoms with Crippen LogP contribution < -0.4 is 0 Å². The van der Waals surface area contributed by atoms with Crippen LogP contribution in [-0.2, 0) is 33.2 Å². The predicted octanol–water partition coefficient (Wildman–Crippen LogP) is 3.29. The molecule has 0 aliphatic carbocycles. The normalized spacial score (nSPS) is 19.5. The van der Waals surface area contributed by atoms with Crippen molar-refractivity contribution in [1.29, 1.82) is 0 Å². The van der Waals surface area contributed by atoms with E-state index in [-0.39, 0.29) is 18.5 Å². The average molecular weight is 379 g/mol. The molecule has 0 N–H and O–H groups in total. The number of carbonyl (C=O) groups is 1. The molecule has 0 aromatic rings. The van der Waals surface area contributed by atoms with E-state index in [4.69, 9.17) is 14.2 Å². The van der Waals surface area contributed by atoms with Crippen LogP contribution in [0.4, 0.5) is 0 Å². The molecule has 26 heavy (non-hydrogen) atoms. The van der Waals surface area contributed by atoms with Gasteiger partial charge in [-0.25, -0.2) is 0 Å². The Morgan fingerprint density at radius 1 is 1.08 bits per heavy atom. The monoisotopic (exact) mass is 378 g/mol. The number of ketones is 1. The number of carbonyl (C=O) groups excluding carboxylic acids is 1. The zero-order valence-corrected chi connectivity index (χ0v) is 17.0. The van der Waals surface area contributed by atoms with E-state index in [1.807, 2.05) is 0 Å². The van der Waals surface area contributed by atoms with Gasteiger partial charge in [0, 0.05) is 7.11 Å². The molecule has 7 heteroatoms. The molecule has 0 bridgehead atoms. The minimum absolute atomic E-state index is 0.0672. The molecule has 2 saturated heterocycles. The molecule has 2 heterocycles. The van der Waals surface area contributed by atoms with Crippen LogP contribution in [0.25, 0.3) is 0 Å². The molecule has 0 radical (unpaired) electrons. The Morgan fingerprint density at radius 2 is 1.65 bits per heavy atom. The molecular formula is C19H38O7. The number of Topliss-reactive ketones (excluding diaryl/α,β-unsaturated/α-hetero) is 1. The van der Waals surface area contributed by atoms with Crippen LogP contribution in [-0.4, -0.2) is 65.3 Å². The predicted molar refractivity (Wildman–Crippen MR) is 98.9 cm³/mol. The van der Waals surface area contributed by atoms with Crippen LogP contribution in [0.5, 0.6) is 0 Å². The third kappa shape index (κ3) is 19.8. The number of epoxide rings is 1. The molecule has 0 amide bonds. The van der Waals surface area contributed by atoms with Crippen molar-refractivity contribution in [2.45, 2.75) is 71.5 Å². The van der Waals surface area contributed by atoms with E-state index in [1.54, 1.807) is 7.11 Å². The number of hydrogen-bond acceptors (Lipinski definition) is 7. The Balaban J connectivity index is 0.000000398. The molecule has 0 spiro atoms. The summed E-state index contributed by atoms with van der Waals surface area (Å²) in [6.45, 7) is 8.81. The van der Waals surface area contributed by atoms with Crippen molar-refractivity contribution in [1.82, 2.24) is 0 Å². The highest BCUT2D eigenvalue weighted by Crippen LogP contribution is 2.15. The van der Waals surface area contributed by atoms with Crippen LogP contribution in [0, 0.1) is 0 Å². The molecule has 7 nitrogen and oxygen atoms in total. The summed E-state index contributed by atoms with van der Waals surface area (Å²) in [6.07, 6.45) is 7.89. The molecule has 2 unspecified atom stereocenters. The summed E-state index contributed by atoms with van der Waals surface area (Å²) in [5.41, 5.74) is 0. The maximum Gasteiger partial charge on any atom is 0.155 e. The molecule has 0 saturated carbocycles. The van der Waals surface area contributed by atoms with Gasteiger partial charge in [-0.05, 0) is 19.8 Å². The van der Waals surface area contributed by atoms with E-state index in [1.165, 1.54) is 26.2 Å². The third-order valence-electron chi connectivity index (χ3n) is 3.54. The Labute approximate surface area is 158 Å². The van der Waals surface area contributed by atoms with Gasteiger partial charge in [-0.2, -0.15) is 0 Å². The van der Waals surface area contributed by atoms with Gasteiger partial charge in [0.15, 0.2) is 26.2 Å². The van der Waals surface area contributed by atoms with Gasteiger partial charge in [0.05, 0.1) is 25.4 Å². The van der Waals surface area contributed by atoms with E-state index < -0.39 is 0 Å². The zero-order valence-electron chi connectivity index (χ0n) is 17.0. The summed E-state index contributed by atoms with van der Waals surface area (Å²) >= 11 is 0. The fourth-order valence-corrected chi connectivity index (χ4v) is 2.01. The first-order valence-corrected chi connectivity index (χ1v) is 9.58. The molecule has 2 atom stereocenters. The van der Waals surface area contributed by atoms with Crippen molar-refractivity contribution >= 4 is 5.78 Å². The first-order chi connectivity index (χ1) is 12.6. The quantitative estimate of drug-likeness (QED) is 0.511. The Kier molecular flexibility index (Phi) is 18.8. The molecular weight excluding hydrogens is 340 g/mol. The van der Waals surface area contributed by atoms with Crippen molar-refractivity contribution in [2.75, 3.05) is 47.3 Å². The van der Waals surface area contributed by atoms with Crippen molar-refractivity contribution in [3.05, 3.63) is 0 Å². The molecule has 0 aromatic carbocycles. The van der Waals surface area contributed by atoms with Gasteiger partial charge < -0.3 is 28.4 Å². The topological polar surface area (TPSA) is 75.8 Å². The Hall–Kier alpha value is -0.570. The average Bonchev–Trinajstić information content (AvgIpc) is 3.49. The summed E-state index contributed by atoms with van der Waals surface area (Å²) in [5.74, 6) is 0.0672. The highest BCUT2D eigenvalue weighted by Gasteiger charge is 2.20. The van der Waals surface area contributed by atoms with Crippen molar-refractivity contribution < 1.29 is 33.2 Å². The Morgan fingerprint density at radius 3 is 2.04 bits per heavy atom. The maximum atomic E-state index is 10.7. The van der Waals surface area contributed by atoms with Gasteiger partial charge >= 0.3 is 0 Å². The minimum Gasteiger partial charge on any atom is -0.382 e. The fourth-order valence-electron chi connectivity index (χ4n) is 2.01. The lowest BCUT2D eigenvalue weighted by Crippen LogP contribution is -2.22. The second-order valence-corrected chi connectivity index (χ2v) is 6.30.